The van der Waals surface area contributed by atoms with Gasteiger partial charge in [0.2, 0.25) is 5.91 Å². The summed E-state index contributed by atoms with van der Waals surface area (Å²) in [5.41, 5.74) is 2.00. The van der Waals surface area contributed by atoms with Gasteiger partial charge in [-0.2, -0.15) is 10.2 Å². The smallest absolute Gasteiger partial charge is 0.276 e. The summed E-state index contributed by atoms with van der Waals surface area (Å²) in [6, 6.07) is 1.79. The van der Waals surface area contributed by atoms with E-state index in [9.17, 15) is 9.59 Å². The molecule has 0 spiro atoms. The van der Waals surface area contributed by atoms with Crippen LogP contribution in [0.5, 0.6) is 0 Å². The molecule has 1 saturated carbocycles. The number of carbonyl (C=O) groups excluding carboxylic acids is 2. The third-order valence-corrected chi connectivity index (χ3v) is 6.04. The average molecular weight is 391 g/mol. The summed E-state index contributed by atoms with van der Waals surface area (Å²) in [4.78, 5) is 27.1. The fraction of sp³-hybridized carbons (Fsp3) is 0.556. The molecule has 2 amide bonds. The fourth-order valence-corrected chi connectivity index (χ4v) is 3.92. The Hall–Kier alpha value is -2.35. The Morgan fingerprint density at radius 1 is 1.22 bits per heavy atom. The van der Waals surface area contributed by atoms with Crippen molar-refractivity contribution in [3.05, 3.63) is 34.4 Å². The Labute approximate surface area is 162 Å². The maximum Gasteiger partial charge on any atom is 0.276 e. The number of aromatic nitrogens is 4. The molecule has 0 aromatic carbocycles. The van der Waals surface area contributed by atoms with Gasteiger partial charge in [-0.1, -0.05) is 11.6 Å². The van der Waals surface area contributed by atoms with Gasteiger partial charge in [-0.15, -0.1) is 0 Å². The molecule has 3 heterocycles. The van der Waals surface area contributed by atoms with Gasteiger partial charge in [0, 0.05) is 50.9 Å². The molecule has 9 heteroatoms. The molecule has 2 fully saturated rings. The van der Waals surface area contributed by atoms with Crippen LogP contribution < -0.4 is 5.32 Å². The van der Waals surface area contributed by atoms with Crippen LogP contribution in [0.3, 0.4) is 0 Å². The fourth-order valence-electron chi connectivity index (χ4n) is 3.68. The Bertz CT molecular complexity index is 900. The highest BCUT2D eigenvalue weighted by molar-refractivity contribution is 6.34. The molecule has 1 saturated heterocycles. The van der Waals surface area contributed by atoms with Gasteiger partial charge in [0.15, 0.2) is 5.69 Å². The van der Waals surface area contributed by atoms with Crippen molar-refractivity contribution >= 4 is 23.4 Å². The number of nitrogens with one attached hydrogen (secondary N) is 1. The van der Waals surface area contributed by atoms with Crippen molar-refractivity contribution in [2.75, 3.05) is 13.1 Å². The minimum absolute atomic E-state index is 0.0206. The predicted molar refractivity (Wildman–Crippen MR) is 99.5 cm³/mol. The molecule has 0 radical (unpaired) electrons. The molecule has 1 aliphatic heterocycles. The van der Waals surface area contributed by atoms with E-state index in [-0.39, 0.29) is 35.4 Å². The van der Waals surface area contributed by atoms with Gasteiger partial charge in [-0.3, -0.25) is 19.0 Å². The van der Waals surface area contributed by atoms with Crippen molar-refractivity contribution < 1.29 is 9.59 Å². The summed E-state index contributed by atoms with van der Waals surface area (Å²) in [6.07, 6.45) is 3.62. The number of hydrogen-bond acceptors (Lipinski definition) is 4. The van der Waals surface area contributed by atoms with E-state index in [0.29, 0.717) is 18.1 Å². The maximum absolute atomic E-state index is 13.0. The van der Waals surface area contributed by atoms with Gasteiger partial charge in [-0.25, -0.2) is 0 Å². The predicted octanol–water partition coefficient (Wildman–Crippen LogP) is 1.25. The van der Waals surface area contributed by atoms with Crippen molar-refractivity contribution in [1.82, 2.24) is 29.8 Å². The first-order valence-electron chi connectivity index (χ1n) is 9.13. The Morgan fingerprint density at radius 2 is 1.96 bits per heavy atom. The summed E-state index contributed by atoms with van der Waals surface area (Å²) in [5, 5.41) is 12.0. The van der Waals surface area contributed by atoms with Crippen molar-refractivity contribution in [1.29, 1.82) is 0 Å². The van der Waals surface area contributed by atoms with Crippen LogP contribution in [-0.4, -0.2) is 55.4 Å². The number of likely N-dealkylation sites (tertiary alicyclic amines) is 1. The van der Waals surface area contributed by atoms with Crippen LogP contribution >= 0.6 is 11.6 Å². The monoisotopic (exact) mass is 390 g/mol. The van der Waals surface area contributed by atoms with E-state index in [1.54, 1.807) is 27.5 Å². The minimum Gasteiger partial charge on any atom is -0.351 e. The lowest BCUT2D eigenvalue weighted by atomic mass is 9.99. The summed E-state index contributed by atoms with van der Waals surface area (Å²) in [6.45, 7) is 2.74. The van der Waals surface area contributed by atoms with Gasteiger partial charge in [0.05, 0.1) is 16.8 Å². The van der Waals surface area contributed by atoms with Gasteiger partial charge in [0.1, 0.15) is 0 Å². The summed E-state index contributed by atoms with van der Waals surface area (Å²) >= 11 is 6.30. The number of amides is 2. The second-order valence-corrected chi connectivity index (χ2v) is 7.84. The lowest BCUT2D eigenvalue weighted by Gasteiger charge is -2.19. The van der Waals surface area contributed by atoms with Gasteiger partial charge in [0.25, 0.3) is 5.91 Å². The van der Waals surface area contributed by atoms with Gasteiger partial charge < -0.3 is 10.2 Å². The lowest BCUT2D eigenvalue weighted by Crippen LogP contribution is -2.41. The molecular weight excluding hydrogens is 368 g/mol. The molecule has 1 aliphatic carbocycles. The first-order valence-corrected chi connectivity index (χ1v) is 9.51. The standard InChI is InChI=1S/C18H23ClN6O2/c1-10-15(19)16(22-23(10)2)18(27)25-8-12(14-6-7-20-24(14)3)13(9-25)21-17(26)11-4-5-11/h6-7,11-13H,4-5,8-9H2,1-3H3,(H,21,26)/t12-,13-/m1/s1. The van der Waals surface area contributed by atoms with Crippen molar-refractivity contribution in [3.63, 3.8) is 0 Å². The van der Waals surface area contributed by atoms with Crippen LogP contribution in [0, 0.1) is 12.8 Å². The highest BCUT2D eigenvalue weighted by Crippen LogP contribution is 2.33. The number of hydrogen-bond donors (Lipinski definition) is 1. The van der Waals surface area contributed by atoms with E-state index < -0.39 is 0 Å². The quantitative estimate of drug-likeness (QED) is 0.851. The van der Waals surface area contributed by atoms with E-state index in [2.05, 4.69) is 15.5 Å². The molecule has 0 unspecified atom stereocenters. The third-order valence-electron chi connectivity index (χ3n) is 5.59. The number of nitrogens with zero attached hydrogens (tertiary/aromatic N) is 5. The number of carbonyl (C=O) groups is 2. The van der Waals surface area contributed by atoms with E-state index in [0.717, 1.165) is 24.2 Å². The zero-order valence-corrected chi connectivity index (χ0v) is 16.4. The number of rotatable bonds is 4. The molecule has 0 bridgehead atoms. The van der Waals surface area contributed by atoms with Crippen LogP contribution in [0.4, 0.5) is 0 Å². The lowest BCUT2D eigenvalue weighted by molar-refractivity contribution is -0.123. The van der Waals surface area contributed by atoms with E-state index >= 15 is 0 Å². The van der Waals surface area contributed by atoms with Crippen LogP contribution in [0.15, 0.2) is 12.3 Å². The van der Waals surface area contributed by atoms with Crippen molar-refractivity contribution in [2.45, 2.75) is 31.7 Å². The SMILES string of the molecule is Cc1c(Cl)c(C(=O)N2C[C@@H](NC(=O)C3CC3)[C@H](c3ccnn3C)C2)nn1C. The number of halogens is 1. The third kappa shape index (κ3) is 3.22. The first-order chi connectivity index (χ1) is 12.9. The summed E-state index contributed by atoms with van der Waals surface area (Å²) < 4.78 is 3.41. The molecule has 2 atom stereocenters. The maximum atomic E-state index is 13.0. The number of aryl methyl sites for hydroxylation is 2. The molecule has 27 heavy (non-hydrogen) atoms. The molecule has 144 valence electrons. The van der Waals surface area contributed by atoms with Crippen LogP contribution in [-0.2, 0) is 18.9 Å². The highest BCUT2D eigenvalue weighted by atomic mass is 35.5. The molecule has 2 aliphatic rings. The molecule has 4 rings (SSSR count). The molecule has 2 aromatic heterocycles. The van der Waals surface area contributed by atoms with E-state index in [1.165, 1.54) is 0 Å². The zero-order valence-electron chi connectivity index (χ0n) is 15.6. The largest absolute Gasteiger partial charge is 0.351 e. The minimum atomic E-state index is -0.209. The van der Waals surface area contributed by atoms with Crippen molar-refractivity contribution in [3.8, 4) is 0 Å². The Kier molecular flexibility index (Phi) is 4.46. The molecule has 2 aromatic rings. The normalized spacial score (nSPS) is 22.3. The van der Waals surface area contributed by atoms with E-state index in [4.69, 9.17) is 11.6 Å². The van der Waals surface area contributed by atoms with Crippen LogP contribution in [0.25, 0.3) is 0 Å². The Balaban J connectivity index is 1.59. The van der Waals surface area contributed by atoms with Gasteiger partial charge in [-0.05, 0) is 25.8 Å². The van der Waals surface area contributed by atoms with Crippen LogP contribution in [0.2, 0.25) is 5.02 Å². The molecule has 1 N–H and O–H groups in total. The van der Waals surface area contributed by atoms with E-state index in [1.807, 2.05) is 20.0 Å². The summed E-state index contributed by atoms with van der Waals surface area (Å²) in [7, 11) is 3.64. The second-order valence-electron chi connectivity index (χ2n) is 7.46. The Morgan fingerprint density at radius 3 is 2.52 bits per heavy atom. The zero-order chi connectivity index (χ0) is 19.3. The average Bonchev–Trinajstić information content (AvgIpc) is 3.22. The van der Waals surface area contributed by atoms with Crippen LogP contribution in [0.1, 0.15) is 40.6 Å². The van der Waals surface area contributed by atoms with Gasteiger partial charge >= 0.3 is 0 Å². The van der Waals surface area contributed by atoms with Crippen molar-refractivity contribution in [2.24, 2.45) is 20.0 Å². The first kappa shape index (κ1) is 18.0. The molecule has 8 nitrogen and oxygen atoms in total. The highest BCUT2D eigenvalue weighted by Gasteiger charge is 2.41. The second kappa shape index (κ2) is 6.67. The molecular formula is C18H23ClN6O2. The summed E-state index contributed by atoms with van der Waals surface area (Å²) in [5.74, 6) is -0.0326. The topological polar surface area (TPSA) is 85.1 Å².